The Labute approximate surface area is 87.9 Å². The summed E-state index contributed by atoms with van der Waals surface area (Å²) in [5.41, 5.74) is 0. The summed E-state index contributed by atoms with van der Waals surface area (Å²) in [5, 5.41) is 4.22. The number of carbonyl (C=O) groups excluding carboxylic acids is 2. The zero-order valence-corrected chi connectivity index (χ0v) is 9.36. The minimum atomic E-state index is -0.705. The Balaban J connectivity index is 0. The summed E-state index contributed by atoms with van der Waals surface area (Å²) in [7, 11) is 4.45. The van der Waals surface area contributed by atoms with E-state index in [1.54, 1.807) is 14.2 Å². The van der Waals surface area contributed by atoms with Gasteiger partial charge in [-0.05, 0) is 12.2 Å². The zero-order valence-electron chi connectivity index (χ0n) is 8.54. The third-order valence-corrected chi connectivity index (χ3v) is 0.895. The molecule has 7 heteroatoms. The highest BCUT2D eigenvalue weighted by Crippen LogP contribution is 1.72. The van der Waals surface area contributed by atoms with Gasteiger partial charge < -0.3 is 14.8 Å². The Morgan fingerprint density at radius 1 is 1.14 bits per heavy atom. The minimum absolute atomic E-state index is 0.0654. The summed E-state index contributed by atoms with van der Waals surface area (Å²) in [4.78, 5) is 20.8. The van der Waals surface area contributed by atoms with Crippen LogP contribution in [0.5, 0.6) is 0 Å². The Morgan fingerprint density at radius 3 is 1.86 bits per heavy atom. The first-order valence-corrected chi connectivity index (χ1v) is 3.95. The smallest absolute Gasteiger partial charge is 0.413 e. The quantitative estimate of drug-likeness (QED) is 0.565. The van der Waals surface area contributed by atoms with Crippen LogP contribution in [0.4, 0.5) is 4.79 Å². The van der Waals surface area contributed by atoms with E-state index < -0.39 is 6.09 Å². The van der Waals surface area contributed by atoms with Gasteiger partial charge in [0.05, 0.1) is 7.11 Å². The monoisotopic (exact) mass is 222 g/mol. The Kier molecular flexibility index (Phi) is 10.8. The molecule has 0 aromatic rings. The third-order valence-electron chi connectivity index (χ3n) is 0.691. The number of hydrogen-bond acceptors (Lipinski definition) is 5. The molecule has 0 spiro atoms. The van der Waals surface area contributed by atoms with Gasteiger partial charge in [-0.1, -0.05) is 0 Å². The second-order valence-electron chi connectivity index (χ2n) is 2.04. The van der Waals surface area contributed by atoms with E-state index in [-0.39, 0.29) is 11.0 Å². The summed E-state index contributed by atoms with van der Waals surface area (Å²) in [6.45, 7) is 1.28. The SMILES string of the molecule is COC.COC(=O)NC(=S)NC(C)=O. The van der Waals surface area contributed by atoms with E-state index in [9.17, 15) is 9.59 Å². The number of rotatable bonds is 0. The molecule has 0 heterocycles. The second kappa shape index (κ2) is 9.87. The van der Waals surface area contributed by atoms with Crippen LogP contribution >= 0.6 is 12.2 Å². The largest absolute Gasteiger partial charge is 0.453 e. The van der Waals surface area contributed by atoms with Crippen LogP contribution in [0.1, 0.15) is 6.92 Å². The van der Waals surface area contributed by atoms with Crippen LogP contribution in [0.2, 0.25) is 0 Å². The first-order valence-electron chi connectivity index (χ1n) is 3.54. The molecule has 0 saturated carbocycles. The fourth-order valence-electron chi connectivity index (χ4n) is 0.335. The molecule has 0 atom stereocenters. The van der Waals surface area contributed by atoms with Gasteiger partial charge in [-0.2, -0.15) is 0 Å². The van der Waals surface area contributed by atoms with Gasteiger partial charge in [-0.3, -0.25) is 10.1 Å². The predicted octanol–water partition coefficient (Wildman–Crippen LogP) is 0.0260. The van der Waals surface area contributed by atoms with Crippen molar-refractivity contribution in [1.82, 2.24) is 10.6 Å². The van der Waals surface area contributed by atoms with E-state index in [4.69, 9.17) is 0 Å². The predicted molar refractivity (Wildman–Crippen MR) is 54.9 cm³/mol. The van der Waals surface area contributed by atoms with Crippen molar-refractivity contribution in [3.05, 3.63) is 0 Å². The molecule has 0 rings (SSSR count). The molecule has 0 aromatic carbocycles. The number of methoxy groups -OCH3 is 2. The average Bonchev–Trinajstić information content (AvgIpc) is 2.03. The van der Waals surface area contributed by atoms with Crippen LogP contribution in [0.3, 0.4) is 0 Å². The van der Waals surface area contributed by atoms with Gasteiger partial charge in [0.25, 0.3) is 0 Å². The lowest BCUT2D eigenvalue weighted by Crippen LogP contribution is -2.41. The Morgan fingerprint density at radius 2 is 1.57 bits per heavy atom. The van der Waals surface area contributed by atoms with Gasteiger partial charge in [0.15, 0.2) is 5.11 Å². The second-order valence-corrected chi connectivity index (χ2v) is 2.44. The number of thiocarbonyl (C=S) groups is 1. The molecule has 2 amide bonds. The summed E-state index contributed by atoms with van der Waals surface area (Å²) >= 11 is 4.53. The van der Waals surface area contributed by atoms with Crippen molar-refractivity contribution in [3.63, 3.8) is 0 Å². The Hall–Kier alpha value is -1.21. The van der Waals surface area contributed by atoms with Crippen LogP contribution in [0.15, 0.2) is 0 Å². The van der Waals surface area contributed by atoms with Gasteiger partial charge in [-0.15, -0.1) is 0 Å². The minimum Gasteiger partial charge on any atom is -0.453 e. The van der Waals surface area contributed by atoms with Crippen LogP contribution < -0.4 is 10.6 Å². The van der Waals surface area contributed by atoms with Gasteiger partial charge in [-0.25, -0.2) is 4.79 Å². The molecule has 6 nitrogen and oxygen atoms in total. The molecule has 14 heavy (non-hydrogen) atoms. The van der Waals surface area contributed by atoms with Crippen molar-refractivity contribution in [1.29, 1.82) is 0 Å². The van der Waals surface area contributed by atoms with E-state index >= 15 is 0 Å². The molecular formula is C7H14N2O4S. The van der Waals surface area contributed by atoms with Crippen molar-refractivity contribution in [2.45, 2.75) is 6.92 Å². The summed E-state index contributed by atoms with van der Waals surface area (Å²) in [6, 6.07) is 0. The number of hydrogen-bond donors (Lipinski definition) is 2. The number of carbonyl (C=O) groups is 2. The van der Waals surface area contributed by atoms with Crippen LogP contribution in [0, 0.1) is 0 Å². The zero-order chi connectivity index (χ0) is 11.6. The standard InChI is InChI=1S/C5H8N2O3S.C2H6O/c1-3(8)6-4(11)7-5(9)10-2;1-3-2/h1-2H3,(H2,6,7,8,9,11);1-2H3. The van der Waals surface area contributed by atoms with E-state index in [0.717, 1.165) is 0 Å². The van der Waals surface area contributed by atoms with Gasteiger partial charge in [0.2, 0.25) is 5.91 Å². The first kappa shape index (κ1) is 15.3. The fraction of sp³-hybridized carbons (Fsp3) is 0.571. The highest BCUT2D eigenvalue weighted by molar-refractivity contribution is 7.80. The van der Waals surface area contributed by atoms with E-state index in [2.05, 4.69) is 32.3 Å². The number of alkyl carbamates (subject to hydrolysis) is 1. The van der Waals surface area contributed by atoms with E-state index in [1.165, 1.54) is 14.0 Å². The lowest BCUT2D eigenvalue weighted by Gasteiger charge is -2.03. The molecule has 0 aromatic heterocycles. The molecule has 0 bridgehead atoms. The lowest BCUT2D eigenvalue weighted by molar-refractivity contribution is -0.117. The molecule has 82 valence electrons. The Bertz CT molecular complexity index is 208. The first-order chi connectivity index (χ1) is 6.47. The fourth-order valence-corrected chi connectivity index (χ4v) is 0.562. The molecule has 0 aliphatic heterocycles. The maximum Gasteiger partial charge on any atom is 0.413 e. The summed E-state index contributed by atoms with van der Waals surface area (Å²) in [5.74, 6) is -0.341. The molecular weight excluding hydrogens is 208 g/mol. The van der Waals surface area contributed by atoms with Gasteiger partial charge in [0, 0.05) is 21.1 Å². The number of ether oxygens (including phenoxy) is 2. The number of nitrogens with one attached hydrogen (secondary N) is 2. The molecule has 0 aliphatic carbocycles. The van der Waals surface area contributed by atoms with Crippen molar-refractivity contribution >= 4 is 29.3 Å². The molecule has 0 unspecified atom stereocenters. The maximum atomic E-state index is 10.4. The highest BCUT2D eigenvalue weighted by Gasteiger charge is 2.02. The molecule has 2 N–H and O–H groups in total. The van der Waals surface area contributed by atoms with Crippen molar-refractivity contribution in [2.24, 2.45) is 0 Å². The molecule has 0 fully saturated rings. The van der Waals surface area contributed by atoms with Crippen LogP contribution in [0.25, 0.3) is 0 Å². The summed E-state index contributed by atoms with van der Waals surface area (Å²) < 4.78 is 8.46. The van der Waals surface area contributed by atoms with E-state index in [0.29, 0.717) is 0 Å². The summed E-state index contributed by atoms with van der Waals surface area (Å²) in [6.07, 6.45) is -0.705. The van der Waals surface area contributed by atoms with E-state index in [1.807, 2.05) is 0 Å². The van der Waals surface area contributed by atoms with Crippen molar-refractivity contribution in [2.75, 3.05) is 21.3 Å². The topological polar surface area (TPSA) is 76.7 Å². The van der Waals surface area contributed by atoms with Gasteiger partial charge in [0.1, 0.15) is 0 Å². The average molecular weight is 222 g/mol. The maximum absolute atomic E-state index is 10.4. The molecule has 0 aliphatic rings. The molecule has 0 radical (unpaired) electrons. The molecule has 0 saturated heterocycles. The van der Waals surface area contributed by atoms with Crippen molar-refractivity contribution in [3.8, 4) is 0 Å². The number of amides is 2. The lowest BCUT2D eigenvalue weighted by atomic mass is 10.7. The van der Waals surface area contributed by atoms with Crippen molar-refractivity contribution < 1.29 is 19.1 Å². The van der Waals surface area contributed by atoms with Crippen LogP contribution in [-0.2, 0) is 14.3 Å². The third kappa shape index (κ3) is 13.4. The van der Waals surface area contributed by atoms with Gasteiger partial charge >= 0.3 is 6.09 Å². The normalized spacial score (nSPS) is 7.71. The highest BCUT2D eigenvalue weighted by atomic mass is 32.1. The van der Waals surface area contributed by atoms with Crippen LogP contribution in [-0.4, -0.2) is 38.4 Å².